The number of halogens is 1. The molecule has 1 saturated carbocycles. The fourth-order valence-electron chi connectivity index (χ4n) is 3.05. The van der Waals surface area contributed by atoms with Crippen LogP contribution in [0.5, 0.6) is 0 Å². The number of sulfonamides is 1. The monoisotopic (exact) mass is 385 g/mol. The maximum Gasteiger partial charge on any atom is 0.213 e. The number of fused-ring (bicyclic) bond motifs is 1. The highest BCUT2D eigenvalue weighted by molar-refractivity contribution is 7.90. The van der Waals surface area contributed by atoms with Crippen molar-refractivity contribution in [2.24, 2.45) is 5.92 Å². The summed E-state index contributed by atoms with van der Waals surface area (Å²) in [7, 11) is -3.18. The summed E-state index contributed by atoms with van der Waals surface area (Å²) in [4.78, 5) is 4.45. The molecule has 1 heterocycles. The molecule has 0 bridgehead atoms. The Morgan fingerprint density at radius 1 is 1.28 bits per heavy atom. The van der Waals surface area contributed by atoms with Crippen molar-refractivity contribution in [3.8, 4) is 0 Å². The summed E-state index contributed by atoms with van der Waals surface area (Å²) in [5, 5.41) is 3.88. The molecule has 5 nitrogen and oxygen atoms in total. The van der Waals surface area contributed by atoms with Crippen LogP contribution >= 0.6 is 11.3 Å². The molecule has 8 heteroatoms. The van der Waals surface area contributed by atoms with Crippen molar-refractivity contribution >= 4 is 36.7 Å². The Morgan fingerprint density at radius 3 is 2.68 bits per heavy atom. The van der Waals surface area contributed by atoms with Gasteiger partial charge in [0.25, 0.3) is 0 Å². The second-order valence-electron chi connectivity index (χ2n) is 6.94. The third-order valence-electron chi connectivity index (χ3n) is 4.72. The van der Waals surface area contributed by atoms with Crippen LogP contribution in [0.1, 0.15) is 39.5 Å². The number of nitrogens with one attached hydrogen (secondary N) is 2. The van der Waals surface area contributed by atoms with E-state index in [0.717, 1.165) is 35.5 Å². The van der Waals surface area contributed by atoms with Crippen molar-refractivity contribution in [3.05, 3.63) is 24.0 Å². The summed E-state index contributed by atoms with van der Waals surface area (Å²) in [5.74, 6) is 0.116. The average Bonchev–Trinajstić information content (AvgIpc) is 2.95. The Balaban J connectivity index is 1.50. The van der Waals surface area contributed by atoms with Crippen LogP contribution < -0.4 is 10.0 Å². The Bertz CT molecular complexity index is 828. The number of nitrogens with zero attached hydrogens (tertiary/aromatic N) is 1. The normalized spacial score (nSPS) is 21.8. The summed E-state index contributed by atoms with van der Waals surface area (Å²) in [6.07, 6.45) is 3.94. The third-order valence-corrected chi connectivity index (χ3v) is 7.50. The van der Waals surface area contributed by atoms with Gasteiger partial charge in [-0.15, -0.1) is 0 Å². The van der Waals surface area contributed by atoms with E-state index in [9.17, 15) is 12.8 Å². The van der Waals surface area contributed by atoms with Crippen molar-refractivity contribution in [1.82, 2.24) is 9.71 Å². The van der Waals surface area contributed by atoms with Crippen molar-refractivity contribution in [2.75, 3.05) is 11.9 Å². The van der Waals surface area contributed by atoms with Gasteiger partial charge in [-0.25, -0.2) is 22.5 Å². The number of hydrogen-bond acceptors (Lipinski definition) is 5. The first-order valence-corrected chi connectivity index (χ1v) is 11.0. The Kier molecular flexibility index (Phi) is 5.60. The first kappa shape index (κ1) is 18.5. The first-order chi connectivity index (χ1) is 11.8. The number of benzene rings is 1. The lowest BCUT2D eigenvalue weighted by atomic mass is 9.86. The molecule has 1 fully saturated rings. The Labute approximate surface area is 152 Å². The standard InChI is InChI=1S/C17H24FN3O2S2/c1-11(2)25(22,23)19-10-12-3-6-14(7-4-12)20-17-21-15-9-13(18)5-8-16(15)24-17/h5,8-9,11-12,14,19H,3-4,6-7,10H2,1-2H3,(H,20,21). The van der Waals surface area contributed by atoms with E-state index in [1.165, 1.54) is 23.5 Å². The van der Waals surface area contributed by atoms with E-state index in [0.29, 0.717) is 24.0 Å². The van der Waals surface area contributed by atoms with Gasteiger partial charge in [0, 0.05) is 18.7 Å². The largest absolute Gasteiger partial charge is 0.359 e. The minimum Gasteiger partial charge on any atom is -0.359 e. The van der Waals surface area contributed by atoms with Gasteiger partial charge < -0.3 is 5.32 Å². The van der Waals surface area contributed by atoms with Crippen LogP contribution in [0.4, 0.5) is 9.52 Å². The smallest absolute Gasteiger partial charge is 0.213 e. The van der Waals surface area contributed by atoms with E-state index < -0.39 is 15.3 Å². The molecule has 2 N–H and O–H groups in total. The molecule has 0 amide bonds. The third kappa shape index (κ3) is 4.68. The summed E-state index contributed by atoms with van der Waals surface area (Å²) in [6, 6.07) is 5.00. The van der Waals surface area contributed by atoms with Gasteiger partial charge in [0.1, 0.15) is 5.82 Å². The van der Waals surface area contributed by atoms with Crippen LogP contribution in [0.15, 0.2) is 18.2 Å². The fraction of sp³-hybridized carbons (Fsp3) is 0.588. The highest BCUT2D eigenvalue weighted by Crippen LogP contribution is 2.30. The lowest BCUT2D eigenvalue weighted by Crippen LogP contribution is -2.37. The van der Waals surface area contributed by atoms with Crippen LogP contribution in [-0.2, 0) is 10.0 Å². The molecule has 1 aliphatic carbocycles. The van der Waals surface area contributed by atoms with E-state index in [4.69, 9.17) is 0 Å². The number of hydrogen-bond donors (Lipinski definition) is 2. The van der Waals surface area contributed by atoms with Gasteiger partial charge in [-0.05, 0) is 57.6 Å². The SMILES string of the molecule is CC(C)S(=O)(=O)NCC1CCC(Nc2nc3cc(F)ccc3s2)CC1. The predicted octanol–water partition coefficient (Wildman–Crippen LogP) is 3.73. The summed E-state index contributed by atoms with van der Waals surface area (Å²) < 4.78 is 40.6. The number of thiazole rings is 1. The number of anilines is 1. The van der Waals surface area contributed by atoms with Crippen LogP contribution in [0, 0.1) is 11.7 Å². The molecule has 3 rings (SSSR count). The van der Waals surface area contributed by atoms with Gasteiger partial charge in [0.15, 0.2) is 5.13 Å². The maximum atomic E-state index is 13.2. The van der Waals surface area contributed by atoms with Gasteiger partial charge in [0.2, 0.25) is 10.0 Å². The van der Waals surface area contributed by atoms with Crippen LogP contribution in [0.3, 0.4) is 0 Å². The minimum absolute atomic E-state index is 0.270. The second kappa shape index (κ2) is 7.55. The quantitative estimate of drug-likeness (QED) is 0.795. The molecule has 2 aromatic rings. The van der Waals surface area contributed by atoms with Gasteiger partial charge >= 0.3 is 0 Å². The van der Waals surface area contributed by atoms with E-state index in [2.05, 4.69) is 15.0 Å². The van der Waals surface area contributed by atoms with Gasteiger partial charge in [-0.3, -0.25) is 0 Å². The average molecular weight is 386 g/mol. The molecular weight excluding hydrogens is 361 g/mol. The van der Waals surface area contributed by atoms with Crippen molar-refractivity contribution < 1.29 is 12.8 Å². The van der Waals surface area contributed by atoms with Crippen molar-refractivity contribution in [3.63, 3.8) is 0 Å². The Morgan fingerprint density at radius 2 is 2.00 bits per heavy atom. The molecule has 0 atom stereocenters. The molecule has 0 unspecified atom stereocenters. The molecule has 0 aliphatic heterocycles. The van der Waals surface area contributed by atoms with Crippen LogP contribution in [-0.4, -0.2) is 31.2 Å². The van der Waals surface area contributed by atoms with Gasteiger partial charge in [-0.1, -0.05) is 11.3 Å². The lowest BCUT2D eigenvalue weighted by molar-refractivity contribution is 0.337. The van der Waals surface area contributed by atoms with Gasteiger partial charge in [0.05, 0.1) is 15.5 Å². The minimum atomic E-state index is -3.18. The lowest BCUT2D eigenvalue weighted by Gasteiger charge is -2.29. The van der Waals surface area contributed by atoms with Crippen LogP contribution in [0.25, 0.3) is 10.2 Å². The van der Waals surface area contributed by atoms with Crippen molar-refractivity contribution in [2.45, 2.75) is 50.8 Å². The van der Waals surface area contributed by atoms with Gasteiger partial charge in [-0.2, -0.15) is 0 Å². The molecule has 0 spiro atoms. The molecule has 0 radical (unpaired) electrons. The zero-order valence-electron chi connectivity index (χ0n) is 14.5. The summed E-state index contributed by atoms with van der Waals surface area (Å²) >= 11 is 1.54. The molecule has 138 valence electrons. The Hall–Kier alpha value is -1.25. The molecule has 0 saturated heterocycles. The molecule has 1 aliphatic rings. The zero-order valence-corrected chi connectivity index (χ0v) is 16.1. The van der Waals surface area contributed by atoms with E-state index in [1.54, 1.807) is 19.9 Å². The number of rotatable bonds is 6. The van der Waals surface area contributed by atoms with E-state index in [-0.39, 0.29) is 5.82 Å². The summed E-state index contributed by atoms with van der Waals surface area (Å²) in [6.45, 7) is 3.90. The first-order valence-electron chi connectivity index (χ1n) is 8.64. The van der Waals surface area contributed by atoms with Crippen molar-refractivity contribution in [1.29, 1.82) is 0 Å². The van der Waals surface area contributed by atoms with E-state index >= 15 is 0 Å². The molecule has 1 aromatic heterocycles. The summed E-state index contributed by atoms with van der Waals surface area (Å²) in [5.41, 5.74) is 0.685. The van der Waals surface area contributed by atoms with Crippen LogP contribution in [0.2, 0.25) is 0 Å². The maximum absolute atomic E-state index is 13.2. The zero-order chi connectivity index (χ0) is 18.0. The number of aromatic nitrogens is 1. The second-order valence-corrected chi connectivity index (χ2v) is 10.3. The molecular formula is C17H24FN3O2S2. The fourth-order valence-corrected chi connectivity index (χ4v) is 4.77. The molecule has 1 aromatic carbocycles. The highest BCUT2D eigenvalue weighted by atomic mass is 32.2. The molecule has 25 heavy (non-hydrogen) atoms. The van der Waals surface area contributed by atoms with E-state index in [1.807, 2.05) is 0 Å². The topological polar surface area (TPSA) is 71.1 Å². The predicted molar refractivity (Wildman–Crippen MR) is 101 cm³/mol. The highest BCUT2D eigenvalue weighted by Gasteiger charge is 2.24.